The van der Waals surface area contributed by atoms with E-state index in [-0.39, 0.29) is 29.9 Å². The second-order valence-corrected chi connectivity index (χ2v) is 9.21. The molecule has 0 unspecified atom stereocenters. The number of carbonyl (C=O) groups excluding carboxylic acids is 2. The van der Waals surface area contributed by atoms with Crippen LogP contribution in [0, 0.1) is 0 Å². The predicted molar refractivity (Wildman–Crippen MR) is 145 cm³/mol. The van der Waals surface area contributed by atoms with Crippen LogP contribution in [0.1, 0.15) is 12.0 Å². The zero-order chi connectivity index (χ0) is 25.8. The number of amides is 2. The molecule has 0 aromatic heterocycles. The molecule has 7 nitrogen and oxygen atoms in total. The molecule has 1 fully saturated rings. The van der Waals surface area contributed by atoms with Gasteiger partial charge in [-0.1, -0.05) is 41.4 Å². The first-order valence-electron chi connectivity index (χ1n) is 11.0. The summed E-state index contributed by atoms with van der Waals surface area (Å²) in [6, 6.07) is 18.3. The Morgan fingerprint density at radius 3 is 2.36 bits per heavy atom. The maximum Gasteiger partial charge on any atom is 0.256 e. The maximum atomic E-state index is 13.6. The normalized spacial score (nSPS) is 15.3. The van der Waals surface area contributed by atoms with Gasteiger partial charge in [-0.15, -0.1) is 0 Å². The van der Waals surface area contributed by atoms with Crippen LogP contribution in [0.25, 0.3) is 0 Å². The first kappa shape index (κ1) is 25.8. The lowest BCUT2D eigenvalue weighted by Gasteiger charge is -2.24. The summed E-state index contributed by atoms with van der Waals surface area (Å²) in [5.74, 6) is 0.463. The zero-order valence-electron chi connectivity index (χ0n) is 19.5. The Hall–Kier alpha value is -3.33. The van der Waals surface area contributed by atoms with Gasteiger partial charge in [-0.25, -0.2) is 0 Å². The molecule has 2 amide bonds. The maximum absolute atomic E-state index is 13.6. The Morgan fingerprint density at radius 2 is 1.69 bits per heavy atom. The number of benzene rings is 3. The molecular weight excluding hydrogens is 521 g/mol. The van der Waals surface area contributed by atoms with Gasteiger partial charge < -0.3 is 19.7 Å². The van der Waals surface area contributed by atoms with E-state index in [0.717, 1.165) is 5.56 Å². The molecule has 36 heavy (non-hydrogen) atoms. The molecule has 3 aromatic carbocycles. The van der Waals surface area contributed by atoms with Gasteiger partial charge in [0.2, 0.25) is 5.91 Å². The van der Waals surface area contributed by atoms with Crippen molar-refractivity contribution in [1.29, 1.82) is 0 Å². The minimum absolute atomic E-state index is 0.123. The fourth-order valence-electron chi connectivity index (χ4n) is 3.96. The van der Waals surface area contributed by atoms with Crippen LogP contribution in [0.3, 0.4) is 0 Å². The van der Waals surface area contributed by atoms with Crippen LogP contribution in [-0.2, 0) is 16.1 Å². The second kappa shape index (κ2) is 11.2. The number of ether oxygens (including phenoxy) is 2. The van der Waals surface area contributed by atoms with Crippen LogP contribution in [0.2, 0.25) is 10.0 Å². The highest BCUT2D eigenvalue weighted by Gasteiger charge is 2.44. The molecule has 1 heterocycles. The summed E-state index contributed by atoms with van der Waals surface area (Å²) in [5, 5.41) is 4.01. The SMILES string of the molecule is COc1ccc(CN2C(=S)N(c3ccc(Cl)cc3)C(=O)[C@H]2CC(=O)Nc2ccccc2Cl)cc1OC. The Labute approximate surface area is 224 Å². The van der Waals surface area contributed by atoms with Crippen molar-refractivity contribution >= 4 is 63.7 Å². The van der Waals surface area contributed by atoms with Gasteiger partial charge in [0.25, 0.3) is 5.91 Å². The van der Waals surface area contributed by atoms with Crippen molar-refractivity contribution in [2.24, 2.45) is 0 Å². The average molecular weight is 544 g/mol. The third-order valence-electron chi connectivity index (χ3n) is 5.73. The largest absolute Gasteiger partial charge is 0.493 e. The number of anilines is 2. The number of para-hydroxylation sites is 1. The van der Waals surface area contributed by atoms with Crippen molar-refractivity contribution < 1.29 is 19.1 Å². The molecular formula is C26H23Cl2N3O4S. The molecule has 0 radical (unpaired) electrons. The summed E-state index contributed by atoms with van der Waals surface area (Å²) >= 11 is 18.0. The van der Waals surface area contributed by atoms with Gasteiger partial charge in [-0.05, 0) is 66.3 Å². The average Bonchev–Trinajstić information content (AvgIpc) is 3.09. The van der Waals surface area contributed by atoms with Crippen LogP contribution in [0.15, 0.2) is 66.7 Å². The fraction of sp³-hybridized carbons (Fsp3) is 0.192. The van der Waals surface area contributed by atoms with Crippen molar-refractivity contribution in [2.75, 3.05) is 24.4 Å². The molecule has 3 aromatic rings. The van der Waals surface area contributed by atoms with Crippen molar-refractivity contribution in [1.82, 2.24) is 4.90 Å². The van der Waals surface area contributed by atoms with E-state index >= 15 is 0 Å². The molecule has 1 aliphatic heterocycles. The Kier molecular flexibility index (Phi) is 7.98. The molecule has 1 N–H and O–H groups in total. The summed E-state index contributed by atoms with van der Waals surface area (Å²) in [4.78, 5) is 29.7. The summed E-state index contributed by atoms with van der Waals surface area (Å²) < 4.78 is 10.7. The lowest BCUT2D eigenvalue weighted by molar-refractivity contribution is -0.124. The number of nitrogens with zero attached hydrogens (tertiary/aromatic N) is 2. The number of hydrogen-bond donors (Lipinski definition) is 1. The van der Waals surface area contributed by atoms with Gasteiger partial charge >= 0.3 is 0 Å². The fourth-order valence-corrected chi connectivity index (χ4v) is 4.65. The smallest absolute Gasteiger partial charge is 0.256 e. The molecule has 1 saturated heterocycles. The van der Waals surface area contributed by atoms with E-state index in [1.54, 1.807) is 73.7 Å². The second-order valence-electron chi connectivity index (χ2n) is 8.00. The van der Waals surface area contributed by atoms with Crippen LogP contribution in [-0.4, -0.2) is 42.1 Å². The number of rotatable bonds is 8. The molecule has 186 valence electrons. The molecule has 1 atom stereocenters. The summed E-state index contributed by atoms with van der Waals surface area (Å²) in [5.41, 5.74) is 1.87. The lowest BCUT2D eigenvalue weighted by atomic mass is 10.1. The number of methoxy groups -OCH3 is 2. The highest BCUT2D eigenvalue weighted by molar-refractivity contribution is 7.80. The van der Waals surface area contributed by atoms with Crippen LogP contribution >= 0.6 is 35.4 Å². The van der Waals surface area contributed by atoms with Crippen molar-refractivity contribution in [3.8, 4) is 11.5 Å². The van der Waals surface area contributed by atoms with E-state index in [1.165, 1.54) is 4.90 Å². The number of carbonyl (C=O) groups is 2. The molecule has 0 aliphatic carbocycles. The monoisotopic (exact) mass is 543 g/mol. The van der Waals surface area contributed by atoms with E-state index in [2.05, 4.69) is 5.32 Å². The quantitative estimate of drug-likeness (QED) is 0.376. The number of hydrogen-bond acceptors (Lipinski definition) is 5. The Balaban J connectivity index is 1.64. The van der Waals surface area contributed by atoms with Crippen molar-refractivity contribution in [2.45, 2.75) is 19.0 Å². The van der Waals surface area contributed by atoms with Gasteiger partial charge in [0.1, 0.15) is 6.04 Å². The van der Waals surface area contributed by atoms with Gasteiger partial charge in [-0.2, -0.15) is 0 Å². The predicted octanol–water partition coefficient (Wildman–Crippen LogP) is 5.54. The number of halogens is 2. The van der Waals surface area contributed by atoms with E-state index in [1.807, 2.05) is 12.1 Å². The minimum atomic E-state index is -0.830. The molecule has 0 saturated carbocycles. The Morgan fingerprint density at radius 1 is 1.00 bits per heavy atom. The topological polar surface area (TPSA) is 71.1 Å². The molecule has 0 spiro atoms. The van der Waals surface area contributed by atoms with Crippen LogP contribution < -0.4 is 19.7 Å². The van der Waals surface area contributed by atoms with E-state index in [0.29, 0.717) is 32.9 Å². The third-order valence-corrected chi connectivity index (χ3v) is 6.73. The van der Waals surface area contributed by atoms with Crippen LogP contribution in [0.5, 0.6) is 11.5 Å². The number of thiocarbonyl (C=S) groups is 1. The summed E-state index contributed by atoms with van der Waals surface area (Å²) in [6.07, 6.45) is -0.123. The van der Waals surface area contributed by atoms with Gasteiger partial charge in [0.05, 0.1) is 37.0 Å². The lowest BCUT2D eigenvalue weighted by Crippen LogP contribution is -2.37. The van der Waals surface area contributed by atoms with E-state index < -0.39 is 6.04 Å². The molecule has 1 aliphatic rings. The number of nitrogens with one attached hydrogen (secondary N) is 1. The third kappa shape index (κ3) is 5.41. The zero-order valence-corrected chi connectivity index (χ0v) is 21.9. The molecule has 4 rings (SSSR count). The van der Waals surface area contributed by atoms with Gasteiger partial charge in [0.15, 0.2) is 16.6 Å². The van der Waals surface area contributed by atoms with Gasteiger partial charge in [-0.3, -0.25) is 14.5 Å². The first-order chi connectivity index (χ1) is 17.3. The molecule has 10 heteroatoms. The highest BCUT2D eigenvalue weighted by Crippen LogP contribution is 2.32. The van der Waals surface area contributed by atoms with Crippen molar-refractivity contribution in [3.05, 3.63) is 82.3 Å². The van der Waals surface area contributed by atoms with Crippen molar-refractivity contribution in [3.63, 3.8) is 0 Å². The summed E-state index contributed by atoms with van der Waals surface area (Å²) in [6.45, 7) is 0.277. The minimum Gasteiger partial charge on any atom is -0.493 e. The Bertz CT molecular complexity index is 1300. The van der Waals surface area contributed by atoms with E-state index in [4.69, 9.17) is 44.9 Å². The molecule has 0 bridgehead atoms. The highest BCUT2D eigenvalue weighted by atomic mass is 35.5. The standard InChI is InChI=1S/C26H23Cl2N3O4S/c1-34-22-12-7-16(13-23(22)35-2)15-30-21(14-24(32)29-20-6-4-3-5-19(20)28)25(33)31(26(30)36)18-10-8-17(27)9-11-18/h3-13,21H,14-15H2,1-2H3,(H,29,32)/t21-/m1/s1. The first-order valence-corrected chi connectivity index (χ1v) is 12.1. The van der Waals surface area contributed by atoms with E-state index in [9.17, 15) is 9.59 Å². The van der Waals surface area contributed by atoms with Gasteiger partial charge in [0, 0.05) is 11.6 Å². The summed E-state index contributed by atoms with van der Waals surface area (Å²) in [7, 11) is 3.11. The van der Waals surface area contributed by atoms with Crippen LogP contribution in [0.4, 0.5) is 11.4 Å².